The molecule has 3 heteroatoms. The Bertz CT molecular complexity index is 407. The second-order valence-electron chi connectivity index (χ2n) is 5.16. The van der Waals surface area contributed by atoms with E-state index >= 15 is 0 Å². The van der Waals surface area contributed by atoms with Gasteiger partial charge in [0.25, 0.3) is 0 Å². The van der Waals surface area contributed by atoms with E-state index < -0.39 is 0 Å². The first-order valence-electron chi connectivity index (χ1n) is 7.22. The molecule has 1 aromatic rings. The van der Waals surface area contributed by atoms with Crippen molar-refractivity contribution in [2.24, 2.45) is 0 Å². The molecule has 0 saturated carbocycles. The molecule has 0 aliphatic carbocycles. The van der Waals surface area contributed by atoms with Gasteiger partial charge in [-0.3, -0.25) is 9.69 Å². The van der Waals surface area contributed by atoms with Gasteiger partial charge in [0.1, 0.15) is 5.75 Å². The first-order chi connectivity index (χ1) is 9.20. The van der Waals surface area contributed by atoms with Crippen LogP contribution in [0.15, 0.2) is 24.3 Å². The molecule has 2 rings (SSSR count). The molecule has 19 heavy (non-hydrogen) atoms. The number of hydrogen-bond acceptors (Lipinski definition) is 3. The Kier molecular flexibility index (Phi) is 4.97. The van der Waals surface area contributed by atoms with Gasteiger partial charge in [-0.15, -0.1) is 0 Å². The molecule has 0 radical (unpaired) electrons. The van der Waals surface area contributed by atoms with Crippen LogP contribution in [0.5, 0.6) is 5.75 Å². The van der Waals surface area contributed by atoms with Crippen molar-refractivity contribution >= 4 is 5.78 Å². The summed E-state index contributed by atoms with van der Waals surface area (Å²) in [5.41, 5.74) is 0.735. The molecule has 104 valence electrons. The second-order valence-corrected chi connectivity index (χ2v) is 5.16. The number of ether oxygens (including phenoxy) is 1. The number of benzene rings is 1. The molecule has 1 aliphatic rings. The molecule has 1 fully saturated rings. The summed E-state index contributed by atoms with van der Waals surface area (Å²) in [6.45, 7) is 6.00. The van der Waals surface area contributed by atoms with Crippen LogP contribution >= 0.6 is 0 Å². The normalized spacial score (nSPS) is 18.0. The fraction of sp³-hybridized carbons (Fsp3) is 0.562. The molecule has 1 unspecified atom stereocenters. The van der Waals surface area contributed by atoms with E-state index in [0.29, 0.717) is 0 Å². The lowest BCUT2D eigenvalue weighted by Crippen LogP contribution is -2.42. The number of Topliss-reactive ketones (excluding diaryl/α,β-unsaturated/α-hetero) is 1. The number of likely N-dealkylation sites (tertiary alicyclic amines) is 1. The highest BCUT2D eigenvalue weighted by atomic mass is 16.5. The second kappa shape index (κ2) is 6.71. The number of carbonyl (C=O) groups excluding carboxylic acids is 1. The van der Waals surface area contributed by atoms with Gasteiger partial charge in [0, 0.05) is 18.7 Å². The van der Waals surface area contributed by atoms with Crippen molar-refractivity contribution in [1.29, 1.82) is 0 Å². The van der Waals surface area contributed by atoms with Crippen molar-refractivity contribution in [2.45, 2.75) is 45.8 Å². The summed E-state index contributed by atoms with van der Waals surface area (Å²) in [7, 11) is 0. The van der Waals surface area contributed by atoms with E-state index in [4.69, 9.17) is 4.74 Å². The largest absolute Gasteiger partial charge is 0.475 e. The van der Waals surface area contributed by atoms with Crippen LogP contribution in [-0.4, -0.2) is 30.0 Å². The topological polar surface area (TPSA) is 29.5 Å². The average Bonchev–Trinajstić information content (AvgIpc) is 2.46. The summed E-state index contributed by atoms with van der Waals surface area (Å²) < 4.78 is 6.05. The Morgan fingerprint density at radius 3 is 2.37 bits per heavy atom. The minimum absolute atomic E-state index is 0.0922. The molecule has 3 nitrogen and oxygen atoms in total. The number of ketones is 1. The highest BCUT2D eigenvalue weighted by Crippen LogP contribution is 2.20. The number of piperidine rings is 1. The van der Waals surface area contributed by atoms with E-state index in [9.17, 15) is 4.79 Å². The minimum atomic E-state index is 0.0922. The maximum Gasteiger partial charge on any atom is 0.159 e. The highest BCUT2D eigenvalue weighted by Gasteiger charge is 2.20. The highest BCUT2D eigenvalue weighted by molar-refractivity contribution is 5.94. The van der Waals surface area contributed by atoms with Crippen LogP contribution in [0.3, 0.4) is 0 Å². The fourth-order valence-electron chi connectivity index (χ4n) is 2.55. The Labute approximate surface area is 115 Å². The third-order valence-corrected chi connectivity index (χ3v) is 3.68. The number of rotatable bonds is 5. The first kappa shape index (κ1) is 14.1. The van der Waals surface area contributed by atoms with Gasteiger partial charge in [0.05, 0.1) is 0 Å². The van der Waals surface area contributed by atoms with Crippen molar-refractivity contribution in [3.05, 3.63) is 29.8 Å². The summed E-state index contributed by atoms with van der Waals surface area (Å²) in [6, 6.07) is 7.45. The van der Waals surface area contributed by atoms with Gasteiger partial charge in [-0.1, -0.05) is 13.3 Å². The lowest BCUT2D eigenvalue weighted by atomic mass is 10.1. The molecule has 0 aromatic heterocycles. The predicted octanol–water partition coefficient (Wildman–Crippen LogP) is 3.49. The van der Waals surface area contributed by atoms with E-state index in [1.54, 1.807) is 6.92 Å². The van der Waals surface area contributed by atoms with E-state index in [1.807, 2.05) is 24.3 Å². The van der Waals surface area contributed by atoms with Crippen molar-refractivity contribution in [1.82, 2.24) is 4.90 Å². The average molecular weight is 261 g/mol. The van der Waals surface area contributed by atoms with E-state index in [0.717, 1.165) is 30.8 Å². The molecule has 0 spiro atoms. The van der Waals surface area contributed by atoms with Gasteiger partial charge >= 0.3 is 0 Å². The Balaban J connectivity index is 1.99. The summed E-state index contributed by atoms with van der Waals surface area (Å²) in [5, 5.41) is 0. The lowest BCUT2D eigenvalue weighted by Gasteiger charge is -2.34. The van der Waals surface area contributed by atoms with Gasteiger partial charge in [-0.25, -0.2) is 0 Å². The summed E-state index contributed by atoms with van der Waals surface area (Å²) >= 11 is 0. The standard InChI is InChI=1S/C16H23NO2/c1-3-16(17-11-5-4-6-12-17)19-15-9-7-14(8-10-15)13(2)18/h7-10,16H,3-6,11-12H2,1-2H3. The Hall–Kier alpha value is -1.35. The lowest BCUT2D eigenvalue weighted by molar-refractivity contribution is 0.00982. The molecular weight excluding hydrogens is 238 g/mol. The SMILES string of the molecule is CCC(Oc1ccc(C(C)=O)cc1)N1CCCCC1. The van der Waals surface area contributed by atoms with Crippen LogP contribution < -0.4 is 4.74 Å². The molecule has 1 atom stereocenters. The number of carbonyl (C=O) groups is 1. The maximum absolute atomic E-state index is 11.2. The minimum Gasteiger partial charge on any atom is -0.475 e. The van der Waals surface area contributed by atoms with Crippen LogP contribution in [-0.2, 0) is 0 Å². The fourth-order valence-corrected chi connectivity index (χ4v) is 2.55. The predicted molar refractivity (Wildman–Crippen MR) is 76.6 cm³/mol. The molecule has 1 aliphatic heterocycles. The van der Waals surface area contributed by atoms with Crippen molar-refractivity contribution in [3.63, 3.8) is 0 Å². The smallest absolute Gasteiger partial charge is 0.159 e. The molecule has 1 heterocycles. The molecule has 0 amide bonds. The zero-order valence-electron chi connectivity index (χ0n) is 11.9. The third kappa shape index (κ3) is 3.80. The van der Waals surface area contributed by atoms with Gasteiger partial charge in [-0.2, -0.15) is 0 Å². The van der Waals surface area contributed by atoms with Crippen molar-refractivity contribution in [2.75, 3.05) is 13.1 Å². The molecule has 1 saturated heterocycles. The molecule has 0 bridgehead atoms. The molecule has 1 aromatic carbocycles. The zero-order valence-corrected chi connectivity index (χ0v) is 11.9. The van der Waals surface area contributed by atoms with Gasteiger partial charge < -0.3 is 4.74 Å². The van der Waals surface area contributed by atoms with Crippen LogP contribution in [0.1, 0.15) is 49.9 Å². The molecule has 0 N–H and O–H groups in total. The summed E-state index contributed by atoms with van der Waals surface area (Å²) in [6.07, 6.45) is 5.00. The summed E-state index contributed by atoms with van der Waals surface area (Å²) in [4.78, 5) is 13.7. The Morgan fingerprint density at radius 1 is 1.21 bits per heavy atom. The van der Waals surface area contributed by atoms with E-state index in [1.165, 1.54) is 19.3 Å². The summed E-state index contributed by atoms with van der Waals surface area (Å²) in [5.74, 6) is 0.942. The van der Waals surface area contributed by atoms with Crippen molar-refractivity contribution < 1.29 is 9.53 Å². The van der Waals surface area contributed by atoms with Gasteiger partial charge in [0.15, 0.2) is 12.0 Å². The van der Waals surface area contributed by atoms with Gasteiger partial charge in [0.2, 0.25) is 0 Å². The maximum atomic E-state index is 11.2. The third-order valence-electron chi connectivity index (χ3n) is 3.68. The van der Waals surface area contributed by atoms with Crippen LogP contribution in [0.4, 0.5) is 0 Å². The van der Waals surface area contributed by atoms with Crippen molar-refractivity contribution in [3.8, 4) is 5.75 Å². The van der Waals surface area contributed by atoms with Gasteiger partial charge in [-0.05, 0) is 50.5 Å². The number of nitrogens with zero attached hydrogens (tertiary/aromatic N) is 1. The van der Waals surface area contributed by atoms with E-state index in [2.05, 4.69) is 11.8 Å². The van der Waals surface area contributed by atoms with Crippen LogP contribution in [0.2, 0.25) is 0 Å². The number of hydrogen-bond donors (Lipinski definition) is 0. The Morgan fingerprint density at radius 2 is 1.84 bits per heavy atom. The van der Waals surface area contributed by atoms with Crippen LogP contribution in [0.25, 0.3) is 0 Å². The quantitative estimate of drug-likeness (QED) is 0.760. The zero-order chi connectivity index (χ0) is 13.7. The first-order valence-corrected chi connectivity index (χ1v) is 7.22. The molecular formula is C16H23NO2. The van der Waals surface area contributed by atoms with Crippen LogP contribution in [0, 0.1) is 0 Å². The monoisotopic (exact) mass is 261 g/mol. The van der Waals surface area contributed by atoms with E-state index in [-0.39, 0.29) is 12.0 Å².